The highest BCUT2D eigenvalue weighted by Gasteiger charge is 2.50. The van der Waals surface area contributed by atoms with Crippen molar-refractivity contribution in [2.24, 2.45) is 5.73 Å². The summed E-state index contributed by atoms with van der Waals surface area (Å²) in [7, 11) is 1.34. The molecule has 0 amide bonds. The van der Waals surface area contributed by atoms with Crippen LogP contribution in [0, 0.1) is 0 Å². The van der Waals surface area contributed by atoms with E-state index in [1.807, 2.05) is 0 Å². The van der Waals surface area contributed by atoms with Gasteiger partial charge in [-0.15, -0.1) is 12.4 Å². The second-order valence-corrected chi connectivity index (χ2v) is 12.1. The first-order chi connectivity index (χ1) is 21.5. The highest BCUT2D eigenvalue weighted by molar-refractivity contribution is 6.31. The summed E-state index contributed by atoms with van der Waals surface area (Å²) in [4.78, 5) is 40.2. The van der Waals surface area contributed by atoms with Gasteiger partial charge in [-0.1, -0.05) is 12.1 Å². The van der Waals surface area contributed by atoms with E-state index in [1.54, 1.807) is 6.92 Å². The van der Waals surface area contributed by atoms with Crippen molar-refractivity contribution < 1.29 is 58.5 Å². The number of Topliss-reactive ketones (excluding diaryl/α,β-unsaturated/α-hetero) is 1. The monoisotopic (exact) mass is 663 g/mol. The Kier molecular flexibility index (Phi) is 9.79. The van der Waals surface area contributed by atoms with Gasteiger partial charge in [-0.3, -0.25) is 14.4 Å². The molecule has 2 aromatic rings. The van der Waals surface area contributed by atoms with Crippen molar-refractivity contribution in [2.75, 3.05) is 20.3 Å². The Bertz CT molecular complexity index is 1530. The smallest absolute Gasteiger partial charge is 0.202 e. The Morgan fingerprint density at radius 1 is 1.07 bits per heavy atom. The summed E-state index contributed by atoms with van der Waals surface area (Å²) in [6.07, 6.45) is -2.03. The normalized spacial score (nSPS) is 30.5. The Morgan fingerprint density at radius 3 is 2.46 bits per heavy atom. The Hall–Kier alpha value is -3.14. The lowest BCUT2D eigenvalue weighted by molar-refractivity contribution is -0.281. The van der Waals surface area contributed by atoms with Crippen LogP contribution < -0.4 is 10.5 Å². The van der Waals surface area contributed by atoms with Crippen molar-refractivity contribution in [2.45, 2.75) is 88.0 Å². The molecule has 0 bridgehead atoms. The highest BCUT2D eigenvalue weighted by atomic mass is 35.5. The zero-order valence-corrected chi connectivity index (χ0v) is 26.2. The number of halogens is 1. The molecule has 250 valence electrons. The van der Waals surface area contributed by atoms with E-state index in [9.17, 15) is 34.8 Å². The van der Waals surface area contributed by atoms with Gasteiger partial charge in [0.15, 0.2) is 24.1 Å². The molecule has 2 saturated heterocycles. The van der Waals surface area contributed by atoms with E-state index >= 15 is 0 Å². The number of rotatable bonds is 7. The fourth-order valence-corrected chi connectivity index (χ4v) is 6.95. The Morgan fingerprint density at radius 2 is 1.80 bits per heavy atom. The number of hydrogen-bond donors (Lipinski definition) is 5. The van der Waals surface area contributed by atoms with Crippen LogP contribution in [-0.2, 0) is 30.2 Å². The molecule has 7 atom stereocenters. The van der Waals surface area contributed by atoms with E-state index in [1.165, 1.54) is 25.3 Å². The number of nitrogens with two attached hydrogens (primary N) is 1. The molecule has 0 radical (unpaired) electrons. The fraction of sp³-hybridized carbons (Fsp3) is 0.531. The van der Waals surface area contributed by atoms with Crippen LogP contribution in [0.2, 0.25) is 0 Å². The van der Waals surface area contributed by atoms with Gasteiger partial charge in [0.2, 0.25) is 5.78 Å². The molecule has 2 aromatic carbocycles. The van der Waals surface area contributed by atoms with Crippen molar-refractivity contribution >= 4 is 29.8 Å². The number of methoxy groups -OCH3 is 1. The molecule has 14 heteroatoms. The molecular formula is C32H38ClNO12. The van der Waals surface area contributed by atoms with Crippen molar-refractivity contribution in [3.63, 3.8) is 0 Å². The molecule has 6 N–H and O–H groups in total. The van der Waals surface area contributed by atoms with Crippen LogP contribution in [0.4, 0.5) is 0 Å². The van der Waals surface area contributed by atoms with Crippen molar-refractivity contribution in [1.29, 1.82) is 0 Å². The largest absolute Gasteiger partial charge is 0.507 e. The molecule has 2 aliphatic carbocycles. The van der Waals surface area contributed by atoms with E-state index in [4.69, 9.17) is 29.4 Å². The van der Waals surface area contributed by atoms with Gasteiger partial charge in [0, 0.05) is 48.6 Å². The summed E-state index contributed by atoms with van der Waals surface area (Å²) >= 11 is 0. The van der Waals surface area contributed by atoms with E-state index in [2.05, 4.69) is 0 Å². The third-order valence-corrected chi connectivity index (χ3v) is 9.22. The molecule has 2 heterocycles. The fourth-order valence-electron chi connectivity index (χ4n) is 6.95. The molecule has 0 spiro atoms. The second kappa shape index (κ2) is 13.2. The number of hydrogen-bond acceptors (Lipinski definition) is 13. The maximum atomic E-state index is 13.8. The third kappa shape index (κ3) is 5.69. The molecule has 6 unspecified atom stereocenters. The first-order valence-electron chi connectivity index (χ1n) is 15.1. The van der Waals surface area contributed by atoms with Crippen molar-refractivity contribution in [3.05, 3.63) is 51.6 Å². The van der Waals surface area contributed by atoms with Gasteiger partial charge in [0.25, 0.3) is 0 Å². The summed E-state index contributed by atoms with van der Waals surface area (Å²) < 4.78 is 29.5. The van der Waals surface area contributed by atoms with Crippen LogP contribution in [-0.4, -0.2) is 94.5 Å². The number of carbonyl (C=O) groups excluding carboxylic acids is 3. The number of carbonyl (C=O) groups is 3. The quantitative estimate of drug-likeness (QED) is 0.230. The van der Waals surface area contributed by atoms with E-state index < -0.39 is 102 Å². The average Bonchev–Trinajstić information content (AvgIpc) is 3.02. The molecule has 0 saturated carbocycles. The van der Waals surface area contributed by atoms with Gasteiger partial charge in [0.05, 0.1) is 36.0 Å². The second-order valence-electron chi connectivity index (χ2n) is 12.1. The van der Waals surface area contributed by atoms with Crippen LogP contribution in [0.1, 0.15) is 88.1 Å². The number of aliphatic hydroxyl groups excluding tert-OH is 1. The maximum absolute atomic E-state index is 13.8. The summed E-state index contributed by atoms with van der Waals surface area (Å²) in [5.74, 6) is -3.67. The van der Waals surface area contributed by atoms with Gasteiger partial charge in [-0.25, -0.2) is 0 Å². The lowest BCUT2D eigenvalue weighted by Gasteiger charge is -2.43. The lowest BCUT2D eigenvalue weighted by Crippen LogP contribution is -2.55. The van der Waals surface area contributed by atoms with Crippen molar-refractivity contribution in [3.8, 4) is 17.2 Å². The van der Waals surface area contributed by atoms with E-state index in [0.717, 1.165) is 19.3 Å². The number of phenolic OH excluding ortho intramolecular Hbond substituents is 2. The molecule has 2 aliphatic heterocycles. The number of fused-ring (bicyclic) bond motifs is 3. The van der Waals surface area contributed by atoms with Crippen LogP contribution in [0.15, 0.2) is 18.2 Å². The standard InChI is InChI=1S/C32H37NO12.ClH/c1-14-31(45-21-8-3-4-9-42-21)17(33)10-22(43-14)44-19-12-32(40,20(35)13-34)11-16-24(19)30(39)26-25(28(16)37)27(36)15-6-5-7-18(41-2)23(15)29(26)38;/h5-7,14,17,19,21-22,31,34,37,39-40H,3-4,8-13,33H2,1-2H3;1H/t14?,17?,19?,21?,22?,31?,32-;/m0./s1. The average molecular weight is 664 g/mol. The molecule has 6 rings (SSSR count). The number of phenols is 2. The molecular weight excluding hydrogens is 626 g/mol. The topological polar surface area (TPSA) is 204 Å². The first-order valence-corrected chi connectivity index (χ1v) is 15.1. The van der Waals surface area contributed by atoms with Crippen LogP contribution >= 0.6 is 12.4 Å². The SMILES string of the molecule is COc1cccc2c1C(=O)c1c(O)c3c(c(O)c1C2=O)C[C@@](O)(C(=O)CO)CC3OC1CC(N)C(OC2CCCCO2)C(C)O1.Cl. The molecule has 0 aromatic heterocycles. The lowest BCUT2D eigenvalue weighted by atomic mass is 9.72. The van der Waals surface area contributed by atoms with Gasteiger partial charge < -0.3 is 49.8 Å². The predicted molar refractivity (Wildman–Crippen MR) is 161 cm³/mol. The zero-order valence-electron chi connectivity index (χ0n) is 25.4. The molecule has 13 nitrogen and oxygen atoms in total. The molecule has 46 heavy (non-hydrogen) atoms. The van der Waals surface area contributed by atoms with E-state index in [0.29, 0.717) is 6.61 Å². The summed E-state index contributed by atoms with van der Waals surface area (Å²) in [6.45, 7) is 1.35. The number of ether oxygens (including phenoxy) is 5. The Labute approximate surface area is 270 Å². The maximum Gasteiger partial charge on any atom is 0.202 e. The summed E-state index contributed by atoms with van der Waals surface area (Å²) in [5, 5.41) is 44.2. The summed E-state index contributed by atoms with van der Waals surface area (Å²) in [5.41, 5.74) is 2.98. The highest BCUT2D eigenvalue weighted by Crippen LogP contribution is 2.52. The Balaban J connectivity index is 0.00000417. The molecule has 2 fully saturated rings. The van der Waals surface area contributed by atoms with Gasteiger partial charge in [-0.05, 0) is 32.3 Å². The molecule has 4 aliphatic rings. The van der Waals surface area contributed by atoms with Gasteiger partial charge in [0.1, 0.15) is 35.6 Å². The number of aliphatic hydroxyl groups is 2. The zero-order chi connectivity index (χ0) is 32.2. The van der Waals surface area contributed by atoms with Crippen LogP contribution in [0.3, 0.4) is 0 Å². The summed E-state index contributed by atoms with van der Waals surface area (Å²) in [6, 6.07) is 3.86. The number of ketones is 3. The van der Waals surface area contributed by atoms with E-state index in [-0.39, 0.29) is 46.8 Å². The first kappa shape index (κ1) is 34.2. The minimum atomic E-state index is -2.24. The predicted octanol–water partition coefficient (Wildman–Crippen LogP) is 1.97. The number of aromatic hydroxyl groups is 2. The minimum absolute atomic E-state index is 0. The van der Waals surface area contributed by atoms with Crippen molar-refractivity contribution in [1.82, 2.24) is 0 Å². The van der Waals surface area contributed by atoms with Gasteiger partial charge >= 0.3 is 0 Å². The van der Waals surface area contributed by atoms with Crippen LogP contribution in [0.25, 0.3) is 0 Å². The van der Waals surface area contributed by atoms with Crippen LogP contribution in [0.5, 0.6) is 17.2 Å². The third-order valence-electron chi connectivity index (χ3n) is 9.22. The number of benzene rings is 2. The minimum Gasteiger partial charge on any atom is -0.507 e. The van der Waals surface area contributed by atoms with Gasteiger partial charge in [-0.2, -0.15) is 0 Å².